The van der Waals surface area contributed by atoms with Crippen molar-refractivity contribution in [3.63, 3.8) is 0 Å². The number of carbonyl (C=O) groups excluding carboxylic acids is 2. The minimum Gasteiger partial charge on any atom is -0.496 e. The minimum atomic E-state index is -0.349. The van der Waals surface area contributed by atoms with Crippen LogP contribution in [0.2, 0.25) is 0 Å². The Morgan fingerprint density at radius 1 is 1.08 bits per heavy atom. The van der Waals surface area contributed by atoms with Crippen LogP contribution in [0, 0.1) is 11.7 Å². The van der Waals surface area contributed by atoms with Gasteiger partial charge in [-0.15, -0.1) is 0 Å². The first-order valence-corrected chi connectivity index (χ1v) is 12.2. The van der Waals surface area contributed by atoms with Crippen LogP contribution < -0.4 is 10.1 Å². The van der Waals surface area contributed by atoms with E-state index in [9.17, 15) is 14.0 Å². The van der Waals surface area contributed by atoms with Crippen LogP contribution in [0.25, 0.3) is 11.5 Å². The van der Waals surface area contributed by atoms with Crippen LogP contribution in [0.1, 0.15) is 28.8 Å². The Labute approximate surface area is 214 Å². The molecule has 0 unspecified atom stereocenters. The Balaban J connectivity index is 1.34. The number of halogens is 1. The zero-order valence-corrected chi connectivity index (χ0v) is 20.5. The maximum absolute atomic E-state index is 13.7. The highest BCUT2D eigenvalue weighted by Gasteiger charge is 2.31. The van der Waals surface area contributed by atoms with Crippen LogP contribution in [0.4, 0.5) is 4.39 Å². The summed E-state index contributed by atoms with van der Waals surface area (Å²) in [5, 5.41) is 7.45. The Morgan fingerprint density at radius 2 is 1.84 bits per heavy atom. The number of hydrogen-bond donors (Lipinski definition) is 1. The van der Waals surface area contributed by atoms with Crippen LogP contribution in [0.5, 0.6) is 5.75 Å². The average molecular weight is 502 g/mol. The highest BCUT2D eigenvalue weighted by atomic mass is 19.1. The number of ether oxygens (including phenoxy) is 1. The van der Waals surface area contributed by atoms with E-state index in [2.05, 4.69) is 10.4 Å². The molecule has 37 heavy (non-hydrogen) atoms. The topological polar surface area (TPSA) is 81.4 Å². The molecule has 9 heteroatoms. The second kappa shape index (κ2) is 10.7. The predicted molar refractivity (Wildman–Crippen MR) is 136 cm³/mol. The van der Waals surface area contributed by atoms with E-state index in [0.29, 0.717) is 43.1 Å². The molecular weight excluding hydrogens is 473 g/mol. The van der Waals surface area contributed by atoms with Crippen molar-refractivity contribution in [3.8, 4) is 17.3 Å². The number of carbonyl (C=O) groups is 2. The molecule has 2 aromatic carbocycles. The Bertz CT molecular complexity index is 1380. The van der Waals surface area contributed by atoms with Crippen molar-refractivity contribution < 1.29 is 18.7 Å². The third kappa shape index (κ3) is 5.11. The lowest BCUT2D eigenvalue weighted by Crippen LogP contribution is -2.45. The summed E-state index contributed by atoms with van der Waals surface area (Å²) < 4.78 is 22.3. The largest absolute Gasteiger partial charge is 0.496 e. The number of methoxy groups -OCH3 is 1. The van der Waals surface area contributed by atoms with Gasteiger partial charge in [0.15, 0.2) is 5.82 Å². The molecule has 2 aromatic heterocycles. The summed E-state index contributed by atoms with van der Waals surface area (Å²) in [7, 11) is 1.60. The molecule has 1 aliphatic rings. The zero-order valence-electron chi connectivity index (χ0n) is 20.5. The van der Waals surface area contributed by atoms with E-state index in [1.807, 2.05) is 53.4 Å². The number of aromatic nitrogens is 3. The standard InChI is InChI=1S/C28H28FN5O3/c1-37-25-9-3-2-7-20(25)17-30-26(35)21-8-6-16-33(19-21)28(36)24-18-31-34(23-12-10-22(29)11-13-23)27(24)32-14-4-5-15-32/h2-5,7,9-15,18,21H,6,8,16-17,19H2,1H3,(H,30,35)/t21-/m0/s1. The van der Waals surface area contributed by atoms with Crippen molar-refractivity contribution in [1.82, 2.24) is 24.6 Å². The van der Waals surface area contributed by atoms with Gasteiger partial charge < -0.3 is 19.5 Å². The quantitative estimate of drug-likeness (QED) is 0.415. The summed E-state index contributed by atoms with van der Waals surface area (Å²) in [6.07, 6.45) is 6.63. The molecule has 0 radical (unpaired) electrons. The SMILES string of the molecule is COc1ccccc1CNC(=O)[C@H]1CCCN(C(=O)c2cnn(-c3ccc(F)cc3)c2-n2cccc2)C1. The lowest BCUT2D eigenvalue weighted by Gasteiger charge is -2.32. The van der Waals surface area contributed by atoms with Gasteiger partial charge in [0.05, 0.1) is 24.9 Å². The van der Waals surface area contributed by atoms with Gasteiger partial charge in [-0.05, 0) is 55.3 Å². The molecule has 1 saturated heterocycles. The highest BCUT2D eigenvalue weighted by Crippen LogP contribution is 2.25. The molecule has 4 aromatic rings. The van der Waals surface area contributed by atoms with Gasteiger partial charge in [0.2, 0.25) is 5.91 Å². The van der Waals surface area contributed by atoms with Crippen molar-refractivity contribution in [1.29, 1.82) is 0 Å². The van der Waals surface area contributed by atoms with Crippen molar-refractivity contribution in [2.75, 3.05) is 20.2 Å². The predicted octanol–water partition coefficient (Wildman–Crippen LogP) is 3.98. The number of amides is 2. The summed E-state index contributed by atoms with van der Waals surface area (Å²) in [5.41, 5.74) is 1.94. The summed E-state index contributed by atoms with van der Waals surface area (Å²) in [6, 6.07) is 17.2. The van der Waals surface area contributed by atoms with Crippen LogP contribution >= 0.6 is 0 Å². The Morgan fingerprint density at radius 3 is 2.59 bits per heavy atom. The van der Waals surface area contributed by atoms with Crippen molar-refractivity contribution in [3.05, 3.63) is 96.2 Å². The molecule has 1 fully saturated rings. The number of rotatable bonds is 7. The van der Waals surface area contributed by atoms with Crippen LogP contribution in [-0.2, 0) is 11.3 Å². The zero-order chi connectivity index (χ0) is 25.8. The fourth-order valence-corrected chi connectivity index (χ4v) is 4.71. The molecule has 0 saturated carbocycles. The van der Waals surface area contributed by atoms with Gasteiger partial charge in [0.25, 0.3) is 5.91 Å². The van der Waals surface area contributed by atoms with Gasteiger partial charge >= 0.3 is 0 Å². The molecule has 1 aliphatic heterocycles. The normalized spacial score (nSPS) is 15.4. The second-order valence-corrected chi connectivity index (χ2v) is 8.98. The second-order valence-electron chi connectivity index (χ2n) is 8.98. The van der Waals surface area contributed by atoms with Gasteiger partial charge in [-0.1, -0.05) is 18.2 Å². The van der Waals surface area contributed by atoms with Crippen LogP contribution in [0.3, 0.4) is 0 Å². The highest BCUT2D eigenvalue weighted by molar-refractivity contribution is 5.97. The van der Waals surface area contributed by atoms with Crippen LogP contribution in [0.15, 0.2) is 79.3 Å². The van der Waals surface area contributed by atoms with E-state index in [0.717, 1.165) is 17.7 Å². The van der Waals surface area contributed by atoms with Crippen molar-refractivity contribution in [2.45, 2.75) is 19.4 Å². The molecular formula is C28H28FN5O3. The van der Waals surface area contributed by atoms with E-state index in [1.165, 1.54) is 18.3 Å². The monoisotopic (exact) mass is 501 g/mol. The van der Waals surface area contributed by atoms with Gasteiger partial charge in [-0.2, -0.15) is 5.10 Å². The maximum atomic E-state index is 13.7. The van der Waals surface area contributed by atoms with Gasteiger partial charge in [-0.3, -0.25) is 9.59 Å². The summed E-state index contributed by atoms with van der Waals surface area (Å²) in [5.74, 6) is 0.339. The molecule has 190 valence electrons. The molecule has 1 N–H and O–H groups in total. The molecule has 5 rings (SSSR count). The molecule has 8 nitrogen and oxygen atoms in total. The fourth-order valence-electron chi connectivity index (χ4n) is 4.71. The number of benzene rings is 2. The smallest absolute Gasteiger partial charge is 0.259 e. The molecule has 2 amide bonds. The molecule has 0 aliphatic carbocycles. The fraction of sp³-hybridized carbons (Fsp3) is 0.250. The average Bonchev–Trinajstić information content (AvgIpc) is 3.62. The third-order valence-corrected chi connectivity index (χ3v) is 6.62. The Kier molecular flexibility index (Phi) is 7.02. The number of nitrogens with one attached hydrogen (secondary N) is 1. The maximum Gasteiger partial charge on any atom is 0.259 e. The lowest BCUT2D eigenvalue weighted by molar-refractivity contribution is -0.126. The van der Waals surface area contributed by atoms with Crippen molar-refractivity contribution >= 4 is 11.8 Å². The summed E-state index contributed by atoms with van der Waals surface area (Å²) in [4.78, 5) is 28.4. The van der Waals surface area contributed by atoms with Gasteiger partial charge in [0, 0.05) is 37.6 Å². The molecule has 1 atom stereocenters. The first kappa shape index (κ1) is 24.3. The first-order valence-electron chi connectivity index (χ1n) is 12.2. The van der Waals surface area contributed by atoms with E-state index >= 15 is 0 Å². The Hall–Kier alpha value is -4.40. The number of hydrogen-bond acceptors (Lipinski definition) is 4. The van der Waals surface area contributed by atoms with E-state index < -0.39 is 0 Å². The van der Waals surface area contributed by atoms with Gasteiger partial charge in [-0.25, -0.2) is 9.07 Å². The number of likely N-dealkylation sites (tertiary alicyclic amines) is 1. The number of piperidine rings is 1. The van der Waals surface area contributed by atoms with E-state index in [-0.39, 0.29) is 23.5 Å². The lowest BCUT2D eigenvalue weighted by atomic mass is 9.96. The molecule has 3 heterocycles. The van der Waals surface area contributed by atoms with E-state index in [4.69, 9.17) is 4.74 Å². The molecule has 0 bridgehead atoms. The first-order chi connectivity index (χ1) is 18.0. The number of para-hydroxylation sites is 1. The summed E-state index contributed by atoms with van der Waals surface area (Å²) >= 11 is 0. The number of nitrogens with zero attached hydrogens (tertiary/aromatic N) is 4. The van der Waals surface area contributed by atoms with Gasteiger partial charge in [0.1, 0.15) is 17.1 Å². The van der Waals surface area contributed by atoms with Crippen molar-refractivity contribution in [2.24, 2.45) is 5.92 Å². The molecule has 0 spiro atoms. The summed E-state index contributed by atoms with van der Waals surface area (Å²) in [6.45, 7) is 1.24. The van der Waals surface area contributed by atoms with Crippen LogP contribution in [-0.4, -0.2) is 51.3 Å². The minimum absolute atomic E-state index is 0.0870. The van der Waals surface area contributed by atoms with E-state index in [1.54, 1.807) is 28.8 Å². The third-order valence-electron chi connectivity index (χ3n) is 6.62.